The Kier molecular flexibility index (Phi) is 7.25. The molecule has 1 saturated heterocycles. The topological polar surface area (TPSA) is 83.0 Å². The van der Waals surface area contributed by atoms with E-state index in [0.717, 1.165) is 44.5 Å². The van der Waals surface area contributed by atoms with Crippen molar-refractivity contribution in [3.05, 3.63) is 18.5 Å². The summed E-state index contributed by atoms with van der Waals surface area (Å²) in [6.45, 7) is 6.38. The minimum atomic E-state index is -0.147. The molecule has 0 atom stereocenters. The minimum Gasteiger partial charge on any atom is -0.466 e. The van der Waals surface area contributed by atoms with E-state index in [2.05, 4.69) is 30.1 Å². The van der Waals surface area contributed by atoms with Crippen LogP contribution in [-0.2, 0) is 9.53 Å². The Morgan fingerprint density at radius 3 is 2.62 bits per heavy atom. The number of aliphatic imine (C=N–C) groups is 1. The highest BCUT2D eigenvalue weighted by atomic mass is 16.5. The molecule has 0 aromatic carbocycles. The average Bonchev–Trinajstić information content (AvgIpc) is 2.63. The molecule has 0 saturated carbocycles. The Hall–Kier alpha value is -2.38. The van der Waals surface area contributed by atoms with Gasteiger partial charge < -0.3 is 19.9 Å². The number of carbonyl (C=O) groups is 1. The van der Waals surface area contributed by atoms with Gasteiger partial charge in [0.05, 0.1) is 6.61 Å². The van der Waals surface area contributed by atoms with Crippen LogP contribution in [0, 0.1) is 0 Å². The summed E-state index contributed by atoms with van der Waals surface area (Å²) in [6, 6.07) is 1.82. The normalized spacial score (nSPS) is 15.3. The van der Waals surface area contributed by atoms with Crippen LogP contribution in [0.3, 0.4) is 0 Å². The molecule has 1 fully saturated rings. The van der Waals surface area contributed by atoms with Crippen molar-refractivity contribution in [3.63, 3.8) is 0 Å². The van der Waals surface area contributed by atoms with Crippen molar-refractivity contribution in [2.45, 2.75) is 19.8 Å². The molecule has 2 heterocycles. The molecular weight excluding hydrogens is 308 g/mol. The lowest BCUT2D eigenvalue weighted by Gasteiger charge is -2.36. The number of aromatic nitrogens is 2. The first-order valence-electron chi connectivity index (χ1n) is 8.37. The van der Waals surface area contributed by atoms with Crippen LogP contribution in [0.4, 0.5) is 5.95 Å². The third-order valence-corrected chi connectivity index (χ3v) is 3.77. The van der Waals surface area contributed by atoms with Crippen LogP contribution in [0.25, 0.3) is 0 Å². The van der Waals surface area contributed by atoms with Gasteiger partial charge in [0.1, 0.15) is 0 Å². The highest BCUT2D eigenvalue weighted by Crippen LogP contribution is 2.09. The fraction of sp³-hybridized carbons (Fsp3) is 0.625. The van der Waals surface area contributed by atoms with Crippen molar-refractivity contribution in [3.8, 4) is 0 Å². The largest absolute Gasteiger partial charge is 0.466 e. The second-order valence-corrected chi connectivity index (χ2v) is 5.41. The zero-order valence-corrected chi connectivity index (χ0v) is 14.4. The van der Waals surface area contributed by atoms with Gasteiger partial charge in [0.2, 0.25) is 5.95 Å². The van der Waals surface area contributed by atoms with Crippen LogP contribution < -0.4 is 10.2 Å². The van der Waals surface area contributed by atoms with E-state index in [0.29, 0.717) is 19.6 Å². The minimum absolute atomic E-state index is 0.147. The zero-order chi connectivity index (χ0) is 17.2. The highest BCUT2D eigenvalue weighted by molar-refractivity contribution is 5.80. The molecule has 0 unspecified atom stereocenters. The Bertz CT molecular complexity index is 529. The van der Waals surface area contributed by atoms with Gasteiger partial charge in [0.25, 0.3) is 0 Å². The van der Waals surface area contributed by atoms with E-state index >= 15 is 0 Å². The monoisotopic (exact) mass is 334 g/mol. The highest BCUT2D eigenvalue weighted by Gasteiger charge is 2.20. The number of esters is 1. The quantitative estimate of drug-likeness (QED) is 0.351. The molecular formula is C16H26N6O2. The first-order chi connectivity index (χ1) is 11.7. The van der Waals surface area contributed by atoms with Gasteiger partial charge >= 0.3 is 5.97 Å². The molecule has 0 spiro atoms. The summed E-state index contributed by atoms with van der Waals surface area (Å²) >= 11 is 0. The fourth-order valence-electron chi connectivity index (χ4n) is 2.57. The SMILES string of the molecule is CCOC(=O)CCCNC(=NC)N1CCN(c2ncccn2)CC1. The predicted octanol–water partition coefficient (Wildman–Crippen LogP) is 0.517. The van der Waals surface area contributed by atoms with Gasteiger partial charge in [-0.15, -0.1) is 0 Å². The fourth-order valence-corrected chi connectivity index (χ4v) is 2.57. The van der Waals surface area contributed by atoms with Crippen LogP contribution in [0.15, 0.2) is 23.5 Å². The summed E-state index contributed by atoms with van der Waals surface area (Å²) in [5.74, 6) is 1.49. The molecule has 1 aliphatic rings. The number of piperazine rings is 1. The van der Waals surface area contributed by atoms with Crippen molar-refractivity contribution in [1.82, 2.24) is 20.2 Å². The van der Waals surface area contributed by atoms with Crippen LogP contribution in [-0.4, -0.2) is 73.2 Å². The van der Waals surface area contributed by atoms with Gasteiger partial charge in [-0.25, -0.2) is 9.97 Å². The van der Waals surface area contributed by atoms with E-state index in [4.69, 9.17) is 4.74 Å². The maximum Gasteiger partial charge on any atom is 0.305 e. The summed E-state index contributed by atoms with van der Waals surface area (Å²) in [5, 5.41) is 3.31. The van der Waals surface area contributed by atoms with Crippen molar-refractivity contribution >= 4 is 17.9 Å². The summed E-state index contributed by atoms with van der Waals surface area (Å²) in [6.07, 6.45) is 4.68. The molecule has 0 amide bonds. The molecule has 1 aliphatic heterocycles. The van der Waals surface area contributed by atoms with E-state index in [1.165, 1.54) is 0 Å². The number of carbonyl (C=O) groups excluding carboxylic acids is 1. The summed E-state index contributed by atoms with van der Waals surface area (Å²) in [7, 11) is 1.78. The summed E-state index contributed by atoms with van der Waals surface area (Å²) in [4.78, 5) is 28.6. The maximum absolute atomic E-state index is 11.3. The first-order valence-corrected chi connectivity index (χ1v) is 8.37. The first kappa shape index (κ1) is 18.0. The number of guanidine groups is 1. The Balaban J connectivity index is 1.72. The van der Waals surface area contributed by atoms with Crippen molar-refractivity contribution in [1.29, 1.82) is 0 Å². The molecule has 8 nitrogen and oxygen atoms in total. The van der Waals surface area contributed by atoms with Crippen LogP contribution >= 0.6 is 0 Å². The van der Waals surface area contributed by atoms with E-state index in [1.54, 1.807) is 19.4 Å². The third kappa shape index (κ3) is 5.36. The number of anilines is 1. The van der Waals surface area contributed by atoms with E-state index in [1.807, 2.05) is 13.0 Å². The summed E-state index contributed by atoms with van der Waals surface area (Å²) in [5.41, 5.74) is 0. The van der Waals surface area contributed by atoms with E-state index < -0.39 is 0 Å². The van der Waals surface area contributed by atoms with Crippen molar-refractivity contribution in [2.24, 2.45) is 4.99 Å². The van der Waals surface area contributed by atoms with Crippen LogP contribution in [0.2, 0.25) is 0 Å². The smallest absolute Gasteiger partial charge is 0.305 e. The van der Waals surface area contributed by atoms with Gasteiger partial charge in [-0.05, 0) is 19.4 Å². The van der Waals surface area contributed by atoms with Crippen LogP contribution in [0.5, 0.6) is 0 Å². The van der Waals surface area contributed by atoms with E-state index in [-0.39, 0.29) is 5.97 Å². The molecule has 8 heteroatoms. The second-order valence-electron chi connectivity index (χ2n) is 5.41. The lowest BCUT2D eigenvalue weighted by atomic mass is 10.3. The third-order valence-electron chi connectivity index (χ3n) is 3.77. The molecule has 1 N–H and O–H groups in total. The predicted molar refractivity (Wildman–Crippen MR) is 93.0 cm³/mol. The van der Waals surface area contributed by atoms with Gasteiger partial charge in [-0.2, -0.15) is 0 Å². The zero-order valence-electron chi connectivity index (χ0n) is 14.4. The second kappa shape index (κ2) is 9.69. The molecule has 2 rings (SSSR count). The van der Waals surface area contributed by atoms with Gasteiger partial charge in [-0.3, -0.25) is 9.79 Å². The number of nitrogens with zero attached hydrogens (tertiary/aromatic N) is 5. The Labute approximate surface area is 142 Å². The lowest BCUT2D eigenvalue weighted by Crippen LogP contribution is -2.53. The molecule has 0 radical (unpaired) electrons. The number of rotatable bonds is 6. The number of hydrogen-bond donors (Lipinski definition) is 1. The Morgan fingerprint density at radius 1 is 1.29 bits per heavy atom. The van der Waals surface area contributed by atoms with Gasteiger partial charge in [0, 0.05) is 58.6 Å². The molecule has 1 aromatic heterocycles. The Morgan fingerprint density at radius 2 is 2.00 bits per heavy atom. The van der Waals surface area contributed by atoms with Gasteiger partial charge in [-0.1, -0.05) is 0 Å². The number of hydrogen-bond acceptors (Lipinski definition) is 6. The van der Waals surface area contributed by atoms with Gasteiger partial charge in [0.15, 0.2) is 5.96 Å². The van der Waals surface area contributed by atoms with E-state index in [9.17, 15) is 4.79 Å². The molecule has 0 bridgehead atoms. The molecule has 132 valence electrons. The van der Waals surface area contributed by atoms with Crippen LogP contribution in [0.1, 0.15) is 19.8 Å². The molecule has 24 heavy (non-hydrogen) atoms. The standard InChI is InChI=1S/C16H26N6O2/c1-3-24-14(23)6-4-7-18-15(17-2)21-10-12-22(13-11-21)16-19-8-5-9-20-16/h5,8-9H,3-4,6-7,10-13H2,1-2H3,(H,17,18). The maximum atomic E-state index is 11.3. The van der Waals surface area contributed by atoms with Crippen molar-refractivity contribution in [2.75, 3.05) is 51.3 Å². The molecule has 0 aliphatic carbocycles. The number of ether oxygens (including phenoxy) is 1. The average molecular weight is 334 g/mol. The molecule has 1 aromatic rings. The number of nitrogens with one attached hydrogen (secondary N) is 1. The van der Waals surface area contributed by atoms with Crippen molar-refractivity contribution < 1.29 is 9.53 Å². The lowest BCUT2D eigenvalue weighted by molar-refractivity contribution is -0.143. The summed E-state index contributed by atoms with van der Waals surface area (Å²) < 4.78 is 4.92.